The van der Waals surface area contributed by atoms with E-state index in [-0.39, 0.29) is 5.92 Å². The van der Waals surface area contributed by atoms with E-state index in [1.54, 1.807) is 7.11 Å². The van der Waals surface area contributed by atoms with Crippen molar-refractivity contribution in [2.24, 2.45) is 11.3 Å². The molecule has 0 amide bonds. The zero-order valence-electron chi connectivity index (χ0n) is 8.17. The van der Waals surface area contributed by atoms with Crippen molar-refractivity contribution >= 4 is 5.97 Å². The van der Waals surface area contributed by atoms with Crippen LogP contribution in [0.5, 0.6) is 0 Å². The molecule has 1 aliphatic rings. The fraction of sp³-hybridized carbons (Fsp3) is 0.889. The second-order valence-corrected chi connectivity index (χ2v) is 3.74. The van der Waals surface area contributed by atoms with Crippen molar-refractivity contribution in [2.45, 2.75) is 13.3 Å². The summed E-state index contributed by atoms with van der Waals surface area (Å²) >= 11 is 0. The number of hydrogen-bond donors (Lipinski definition) is 2. The minimum atomic E-state index is -0.706. The second-order valence-electron chi connectivity index (χ2n) is 3.74. The zero-order chi connectivity index (χ0) is 9.90. The molecule has 76 valence electrons. The van der Waals surface area contributed by atoms with Crippen LogP contribution in [0.1, 0.15) is 13.3 Å². The van der Waals surface area contributed by atoms with E-state index in [1.165, 1.54) is 0 Å². The summed E-state index contributed by atoms with van der Waals surface area (Å²) < 4.78 is 5.00. The summed E-state index contributed by atoms with van der Waals surface area (Å²) in [6.45, 7) is 3.80. The van der Waals surface area contributed by atoms with Crippen LogP contribution in [0.25, 0.3) is 0 Å². The molecule has 0 spiro atoms. The van der Waals surface area contributed by atoms with Crippen LogP contribution < -0.4 is 5.32 Å². The Balaban J connectivity index is 2.71. The van der Waals surface area contributed by atoms with Gasteiger partial charge >= 0.3 is 5.97 Å². The van der Waals surface area contributed by atoms with Gasteiger partial charge < -0.3 is 15.2 Å². The first kappa shape index (κ1) is 10.5. The molecule has 0 aliphatic carbocycles. The summed E-state index contributed by atoms with van der Waals surface area (Å²) in [7, 11) is 1.61. The highest BCUT2D eigenvalue weighted by Crippen LogP contribution is 2.34. The Labute approximate surface area is 78.3 Å². The molecule has 1 fully saturated rings. The van der Waals surface area contributed by atoms with Gasteiger partial charge in [0.25, 0.3) is 0 Å². The SMILES string of the molecule is COCC(C)C1(C(=O)O)CCNC1. The molecule has 2 N–H and O–H groups in total. The van der Waals surface area contributed by atoms with Crippen LogP contribution in [0.4, 0.5) is 0 Å². The molecule has 1 aliphatic heterocycles. The van der Waals surface area contributed by atoms with Crippen LogP contribution >= 0.6 is 0 Å². The monoisotopic (exact) mass is 187 g/mol. The standard InChI is InChI=1S/C9H17NO3/c1-7(5-13-2)9(8(11)12)3-4-10-6-9/h7,10H,3-6H2,1-2H3,(H,11,12). The van der Waals surface area contributed by atoms with Gasteiger partial charge in [-0.05, 0) is 18.9 Å². The van der Waals surface area contributed by atoms with Gasteiger partial charge in [-0.2, -0.15) is 0 Å². The summed E-state index contributed by atoms with van der Waals surface area (Å²) in [5.74, 6) is -0.646. The lowest BCUT2D eigenvalue weighted by Crippen LogP contribution is -2.41. The zero-order valence-corrected chi connectivity index (χ0v) is 8.17. The van der Waals surface area contributed by atoms with Crippen molar-refractivity contribution in [3.8, 4) is 0 Å². The van der Waals surface area contributed by atoms with Gasteiger partial charge in [0, 0.05) is 20.3 Å². The molecular weight excluding hydrogens is 170 g/mol. The summed E-state index contributed by atoms with van der Waals surface area (Å²) in [6.07, 6.45) is 0.701. The number of hydrogen-bond acceptors (Lipinski definition) is 3. The molecule has 0 bridgehead atoms. The van der Waals surface area contributed by atoms with Gasteiger partial charge in [0.05, 0.1) is 5.41 Å². The Morgan fingerprint density at radius 1 is 1.77 bits per heavy atom. The third-order valence-electron chi connectivity index (χ3n) is 2.97. The molecule has 1 rings (SSSR count). The lowest BCUT2D eigenvalue weighted by molar-refractivity contribution is -0.152. The van der Waals surface area contributed by atoms with Crippen LogP contribution in [0.15, 0.2) is 0 Å². The molecule has 13 heavy (non-hydrogen) atoms. The lowest BCUT2D eigenvalue weighted by Gasteiger charge is -2.29. The largest absolute Gasteiger partial charge is 0.481 e. The molecule has 0 aromatic carbocycles. The number of rotatable bonds is 4. The second kappa shape index (κ2) is 4.07. The highest BCUT2D eigenvalue weighted by atomic mass is 16.5. The van der Waals surface area contributed by atoms with Gasteiger partial charge in [-0.3, -0.25) is 4.79 Å². The fourth-order valence-electron chi connectivity index (χ4n) is 1.93. The van der Waals surface area contributed by atoms with Crippen molar-refractivity contribution in [1.29, 1.82) is 0 Å². The van der Waals surface area contributed by atoms with E-state index in [2.05, 4.69) is 5.32 Å². The van der Waals surface area contributed by atoms with Gasteiger partial charge in [0.2, 0.25) is 0 Å². The first-order valence-corrected chi connectivity index (χ1v) is 4.56. The number of carbonyl (C=O) groups is 1. The Morgan fingerprint density at radius 2 is 2.46 bits per heavy atom. The number of carboxylic acids is 1. The molecule has 1 saturated heterocycles. The Morgan fingerprint density at radius 3 is 2.85 bits per heavy atom. The van der Waals surface area contributed by atoms with Crippen molar-refractivity contribution in [3.05, 3.63) is 0 Å². The summed E-state index contributed by atoms with van der Waals surface area (Å²) in [4.78, 5) is 11.1. The van der Waals surface area contributed by atoms with Crippen LogP contribution in [0.2, 0.25) is 0 Å². The maximum atomic E-state index is 11.1. The van der Waals surface area contributed by atoms with E-state index in [1.807, 2.05) is 6.92 Å². The molecule has 4 heteroatoms. The molecule has 0 aromatic rings. The number of carboxylic acid groups (broad SMARTS) is 1. The third kappa shape index (κ3) is 1.84. The molecule has 0 radical (unpaired) electrons. The molecule has 0 aromatic heterocycles. The van der Waals surface area contributed by atoms with Gasteiger partial charge in [0.15, 0.2) is 0 Å². The Kier molecular flexibility index (Phi) is 3.27. The van der Waals surface area contributed by atoms with Crippen molar-refractivity contribution in [3.63, 3.8) is 0 Å². The highest BCUT2D eigenvalue weighted by molar-refractivity contribution is 5.75. The van der Waals surface area contributed by atoms with E-state index < -0.39 is 11.4 Å². The van der Waals surface area contributed by atoms with Crippen LogP contribution in [0, 0.1) is 11.3 Å². The molecule has 0 saturated carbocycles. The topological polar surface area (TPSA) is 58.6 Å². The van der Waals surface area contributed by atoms with E-state index in [0.29, 0.717) is 19.6 Å². The van der Waals surface area contributed by atoms with E-state index in [9.17, 15) is 4.79 Å². The lowest BCUT2D eigenvalue weighted by atomic mass is 9.76. The van der Waals surface area contributed by atoms with Crippen molar-refractivity contribution in [1.82, 2.24) is 5.32 Å². The quantitative estimate of drug-likeness (QED) is 0.666. The summed E-state index contributed by atoms with van der Waals surface area (Å²) in [6, 6.07) is 0. The first-order valence-electron chi connectivity index (χ1n) is 4.56. The van der Waals surface area contributed by atoms with Gasteiger partial charge in [0.1, 0.15) is 0 Å². The molecule has 1 heterocycles. The number of ether oxygens (including phenoxy) is 1. The van der Waals surface area contributed by atoms with Crippen molar-refractivity contribution in [2.75, 3.05) is 26.8 Å². The van der Waals surface area contributed by atoms with Crippen LogP contribution in [-0.2, 0) is 9.53 Å². The van der Waals surface area contributed by atoms with Crippen molar-refractivity contribution < 1.29 is 14.6 Å². The summed E-state index contributed by atoms with van der Waals surface area (Å²) in [5, 5.41) is 12.3. The minimum absolute atomic E-state index is 0.0602. The summed E-state index contributed by atoms with van der Waals surface area (Å²) in [5.41, 5.74) is -0.615. The number of methoxy groups -OCH3 is 1. The van der Waals surface area contributed by atoms with E-state index in [0.717, 1.165) is 6.54 Å². The van der Waals surface area contributed by atoms with Crippen LogP contribution in [-0.4, -0.2) is 37.9 Å². The highest BCUT2D eigenvalue weighted by Gasteiger charge is 2.45. The van der Waals surface area contributed by atoms with Gasteiger partial charge in [-0.15, -0.1) is 0 Å². The maximum Gasteiger partial charge on any atom is 0.311 e. The Bertz CT molecular complexity index is 187. The third-order valence-corrected chi connectivity index (χ3v) is 2.97. The van der Waals surface area contributed by atoms with Crippen LogP contribution in [0.3, 0.4) is 0 Å². The maximum absolute atomic E-state index is 11.1. The van der Waals surface area contributed by atoms with Gasteiger partial charge in [-0.1, -0.05) is 6.92 Å². The smallest absolute Gasteiger partial charge is 0.311 e. The molecule has 2 unspecified atom stereocenters. The minimum Gasteiger partial charge on any atom is -0.481 e. The fourth-order valence-corrected chi connectivity index (χ4v) is 1.93. The Hall–Kier alpha value is -0.610. The predicted molar refractivity (Wildman–Crippen MR) is 48.6 cm³/mol. The first-order chi connectivity index (χ1) is 6.13. The average molecular weight is 187 g/mol. The number of aliphatic carboxylic acids is 1. The predicted octanol–water partition coefficient (Wildman–Crippen LogP) is 0.333. The molecule has 4 nitrogen and oxygen atoms in total. The average Bonchev–Trinajstić information content (AvgIpc) is 2.53. The van der Waals surface area contributed by atoms with E-state index in [4.69, 9.17) is 9.84 Å². The van der Waals surface area contributed by atoms with Gasteiger partial charge in [-0.25, -0.2) is 0 Å². The number of nitrogens with one attached hydrogen (secondary N) is 1. The normalized spacial score (nSPS) is 30.3. The molecular formula is C9H17NO3. The van der Waals surface area contributed by atoms with E-state index >= 15 is 0 Å². The molecule has 2 atom stereocenters.